The van der Waals surface area contributed by atoms with Gasteiger partial charge < -0.3 is 24.3 Å². The maximum atomic E-state index is 12.4. The van der Waals surface area contributed by atoms with Gasteiger partial charge in [0.25, 0.3) is 0 Å². The first-order chi connectivity index (χ1) is 16.9. The number of methoxy groups -OCH3 is 4. The Bertz CT molecular complexity index is 1230. The lowest BCUT2D eigenvalue weighted by molar-refractivity contribution is 0.104. The summed E-state index contributed by atoms with van der Waals surface area (Å²) in [7, 11) is 6.22. The summed E-state index contributed by atoms with van der Waals surface area (Å²) in [6.45, 7) is 0. The first-order valence-corrected chi connectivity index (χ1v) is 11.2. The number of ketones is 1. The summed E-state index contributed by atoms with van der Waals surface area (Å²) in [6.07, 6.45) is 6.75. The Hall–Kier alpha value is -3.61. The van der Waals surface area contributed by atoms with Gasteiger partial charge in [0.2, 0.25) is 5.75 Å². The zero-order valence-corrected chi connectivity index (χ0v) is 21.2. The summed E-state index contributed by atoms with van der Waals surface area (Å²) in [4.78, 5) is 12.4. The van der Waals surface area contributed by atoms with E-state index in [-0.39, 0.29) is 5.78 Å². The zero-order chi connectivity index (χ0) is 25.4. The summed E-state index contributed by atoms with van der Waals surface area (Å²) in [5, 5.41) is 4.06. The quantitative estimate of drug-likeness (QED) is 0.178. The predicted molar refractivity (Wildman–Crippen MR) is 142 cm³/mol. The molecule has 0 heterocycles. The molecule has 0 saturated heterocycles. The molecule has 1 N–H and O–H groups in total. The Morgan fingerprint density at radius 1 is 0.771 bits per heavy atom. The van der Waals surface area contributed by atoms with E-state index < -0.39 is 0 Å². The Balaban J connectivity index is 1.85. The molecular formula is C27H25Cl2NO5. The summed E-state index contributed by atoms with van der Waals surface area (Å²) in [5.74, 6) is 1.91. The van der Waals surface area contributed by atoms with Crippen LogP contribution in [-0.4, -0.2) is 34.2 Å². The highest BCUT2D eigenvalue weighted by atomic mass is 35.5. The van der Waals surface area contributed by atoms with Crippen LogP contribution in [-0.2, 0) is 0 Å². The van der Waals surface area contributed by atoms with Gasteiger partial charge in [-0.1, -0.05) is 35.4 Å². The number of allylic oxidation sites excluding steroid dienone is 1. The van der Waals surface area contributed by atoms with Gasteiger partial charge in [0.15, 0.2) is 23.0 Å². The lowest BCUT2D eigenvalue weighted by Crippen LogP contribution is -1.98. The van der Waals surface area contributed by atoms with Crippen LogP contribution in [0.5, 0.6) is 23.0 Å². The number of hydrogen-bond donors (Lipinski definition) is 1. The van der Waals surface area contributed by atoms with Crippen molar-refractivity contribution in [1.82, 2.24) is 0 Å². The number of nitrogens with one attached hydrogen (secondary N) is 1. The van der Waals surface area contributed by atoms with Gasteiger partial charge in [0, 0.05) is 22.9 Å². The molecule has 0 amide bonds. The largest absolute Gasteiger partial charge is 0.493 e. The molecule has 0 aliphatic heterocycles. The minimum Gasteiger partial charge on any atom is -0.493 e. The molecule has 3 aromatic rings. The summed E-state index contributed by atoms with van der Waals surface area (Å²) < 4.78 is 21.6. The van der Waals surface area contributed by atoms with Gasteiger partial charge in [-0.05, 0) is 59.7 Å². The van der Waals surface area contributed by atoms with Crippen molar-refractivity contribution >= 4 is 46.8 Å². The average Bonchev–Trinajstić information content (AvgIpc) is 2.86. The smallest absolute Gasteiger partial charge is 0.203 e. The third kappa shape index (κ3) is 6.50. The maximum Gasteiger partial charge on any atom is 0.203 e. The highest BCUT2D eigenvalue weighted by molar-refractivity contribution is 6.32. The molecular weight excluding hydrogens is 489 g/mol. The Morgan fingerprint density at radius 2 is 1.34 bits per heavy atom. The summed E-state index contributed by atoms with van der Waals surface area (Å²) >= 11 is 12.3. The van der Waals surface area contributed by atoms with Crippen LogP contribution >= 0.6 is 23.2 Å². The van der Waals surface area contributed by atoms with E-state index in [0.29, 0.717) is 44.3 Å². The zero-order valence-electron chi connectivity index (χ0n) is 19.7. The van der Waals surface area contributed by atoms with Crippen molar-refractivity contribution in [2.45, 2.75) is 0 Å². The van der Waals surface area contributed by atoms with Gasteiger partial charge in [0.1, 0.15) is 0 Å². The van der Waals surface area contributed by atoms with Crippen molar-refractivity contribution in [1.29, 1.82) is 0 Å². The molecule has 3 rings (SSSR count). The number of benzene rings is 3. The molecule has 0 saturated carbocycles. The second-order valence-corrected chi connectivity index (χ2v) is 8.07. The third-order valence-corrected chi connectivity index (χ3v) is 5.56. The van der Waals surface area contributed by atoms with E-state index in [9.17, 15) is 4.79 Å². The molecule has 0 atom stereocenters. The lowest BCUT2D eigenvalue weighted by atomic mass is 10.1. The number of carbonyl (C=O) groups excluding carboxylic acids is 1. The fourth-order valence-electron chi connectivity index (χ4n) is 3.33. The molecule has 0 spiro atoms. The fraction of sp³-hybridized carbons (Fsp3) is 0.148. The average molecular weight is 514 g/mol. The van der Waals surface area contributed by atoms with E-state index in [1.54, 1.807) is 51.7 Å². The number of hydrogen-bond acceptors (Lipinski definition) is 6. The molecule has 3 aromatic carbocycles. The van der Waals surface area contributed by atoms with Crippen molar-refractivity contribution in [3.8, 4) is 23.0 Å². The van der Waals surface area contributed by atoms with Gasteiger partial charge in [-0.2, -0.15) is 0 Å². The van der Waals surface area contributed by atoms with Crippen LogP contribution in [0.1, 0.15) is 21.5 Å². The molecule has 0 unspecified atom stereocenters. The van der Waals surface area contributed by atoms with Crippen LogP contribution in [0.4, 0.5) is 5.69 Å². The van der Waals surface area contributed by atoms with Crippen molar-refractivity contribution < 1.29 is 23.7 Å². The predicted octanol–water partition coefficient (Wildman–Crippen LogP) is 7.01. The lowest BCUT2D eigenvalue weighted by Gasteiger charge is -2.13. The third-order valence-electron chi connectivity index (χ3n) is 5.03. The van der Waals surface area contributed by atoms with Crippen LogP contribution < -0.4 is 24.3 Å². The van der Waals surface area contributed by atoms with Crippen molar-refractivity contribution in [2.75, 3.05) is 33.8 Å². The van der Waals surface area contributed by atoms with E-state index in [1.165, 1.54) is 19.4 Å². The summed E-state index contributed by atoms with van der Waals surface area (Å²) in [5.41, 5.74) is 2.78. The van der Waals surface area contributed by atoms with Gasteiger partial charge in [-0.25, -0.2) is 0 Å². The van der Waals surface area contributed by atoms with Gasteiger partial charge in [-0.3, -0.25) is 4.79 Å². The first-order valence-electron chi connectivity index (χ1n) is 10.5. The minimum absolute atomic E-state index is 0.169. The molecule has 0 radical (unpaired) electrons. The summed E-state index contributed by atoms with van der Waals surface area (Å²) in [6, 6.07) is 14.0. The molecule has 0 aromatic heterocycles. The van der Waals surface area contributed by atoms with Crippen molar-refractivity contribution in [3.63, 3.8) is 0 Å². The molecule has 35 heavy (non-hydrogen) atoms. The van der Waals surface area contributed by atoms with Crippen LogP contribution in [0.2, 0.25) is 10.0 Å². The monoisotopic (exact) mass is 513 g/mol. The maximum absolute atomic E-state index is 12.4. The second-order valence-electron chi connectivity index (χ2n) is 7.22. The molecule has 0 fully saturated rings. The van der Waals surface area contributed by atoms with E-state index >= 15 is 0 Å². The molecule has 6 nitrogen and oxygen atoms in total. The van der Waals surface area contributed by atoms with Gasteiger partial charge in [-0.15, -0.1) is 0 Å². The number of rotatable bonds is 10. The topological polar surface area (TPSA) is 66.0 Å². The van der Waals surface area contributed by atoms with E-state index in [1.807, 2.05) is 30.4 Å². The molecule has 0 aliphatic carbocycles. The molecule has 8 heteroatoms. The molecule has 182 valence electrons. The van der Waals surface area contributed by atoms with Crippen LogP contribution in [0.3, 0.4) is 0 Å². The number of anilines is 1. The first kappa shape index (κ1) is 26.0. The molecule has 0 aliphatic rings. The van der Waals surface area contributed by atoms with E-state index in [0.717, 1.165) is 11.1 Å². The van der Waals surface area contributed by atoms with Crippen molar-refractivity contribution in [2.24, 2.45) is 0 Å². The Labute approximate surface area is 214 Å². The Morgan fingerprint density at radius 3 is 1.89 bits per heavy atom. The van der Waals surface area contributed by atoms with Crippen LogP contribution in [0.15, 0.2) is 60.8 Å². The fourth-order valence-corrected chi connectivity index (χ4v) is 3.76. The second kappa shape index (κ2) is 12.2. The van der Waals surface area contributed by atoms with Crippen molar-refractivity contribution in [3.05, 3.63) is 87.5 Å². The normalized spacial score (nSPS) is 11.0. The number of carbonyl (C=O) groups is 1. The molecule has 0 bridgehead atoms. The van der Waals surface area contributed by atoms with E-state index in [4.69, 9.17) is 42.1 Å². The van der Waals surface area contributed by atoms with Gasteiger partial charge >= 0.3 is 0 Å². The SMILES string of the molecule is COc1cc(/C=C\c2cc(Cl)c(OC)c(N/C=C\C(=O)c3ccc(Cl)cc3)c2)cc(OC)c1OC. The van der Waals surface area contributed by atoms with Crippen LogP contribution in [0.25, 0.3) is 12.2 Å². The number of halogens is 2. The van der Waals surface area contributed by atoms with Gasteiger partial charge in [0.05, 0.1) is 39.1 Å². The highest BCUT2D eigenvalue weighted by Gasteiger charge is 2.13. The minimum atomic E-state index is -0.169. The van der Waals surface area contributed by atoms with E-state index in [2.05, 4.69) is 5.32 Å². The highest BCUT2D eigenvalue weighted by Crippen LogP contribution is 2.39. The standard InChI is InChI=1S/C27H25Cl2NO5/c1-32-24-15-18(16-25(33-2)27(24)35-4)6-5-17-13-21(29)26(34-3)22(14-17)30-12-11-23(31)19-7-9-20(28)10-8-19/h5-16,30H,1-4H3/b6-5-,12-11-. The number of ether oxygens (including phenoxy) is 4. The van der Waals surface area contributed by atoms with Crippen LogP contribution in [0, 0.1) is 0 Å². The Kier molecular flexibility index (Phi) is 9.06.